The van der Waals surface area contributed by atoms with Crippen molar-refractivity contribution in [3.8, 4) is 0 Å². The summed E-state index contributed by atoms with van der Waals surface area (Å²) in [6.45, 7) is 5.23. The van der Waals surface area contributed by atoms with E-state index in [4.69, 9.17) is 5.11 Å². The van der Waals surface area contributed by atoms with Gasteiger partial charge in [0, 0.05) is 25.2 Å². The molecule has 1 amide bonds. The fourth-order valence-electron chi connectivity index (χ4n) is 2.93. The minimum atomic E-state index is -0.745. The minimum absolute atomic E-state index is 0.0339. The van der Waals surface area contributed by atoms with E-state index in [1.807, 2.05) is 24.8 Å². The molecule has 1 unspecified atom stereocenters. The second kappa shape index (κ2) is 6.11. The molecule has 0 aliphatic carbocycles. The molecule has 1 atom stereocenters. The fourth-order valence-corrected chi connectivity index (χ4v) is 2.93. The van der Waals surface area contributed by atoms with Gasteiger partial charge in [-0.2, -0.15) is 0 Å². The van der Waals surface area contributed by atoms with E-state index in [2.05, 4.69) is 4.98 Å². The number of rotatable bonds is 3. The number of H-pyrrole nitrogens is 1. The largest absolute Gasteiger partial charge is 0.481 e. The maximum absolute atomic E-state index is 12.5. The lowest BCUT2D eigenvalue weighted by Crippen LogP contribution is -2.32. The van der Waals surface area contributed by atoms with E-state index in [-0.39, 0.29) is 18.2 Å². The molecule has 2 N–H and O–H groups in total. The van der Waals surface area contributed by atoms with E-state index in [9.17, 15) is 9.59 Å². The summed E-state index contributed by atoms with van der Waals surface area (Å²) in [4.78, 5) is 28.2. The number of carbonyl (C=O) groups excluding carboxylic acids is 1. The van der Waals surface area contributed by atoms with Crippen LogP contribution in [0.4, 0.5) is 0 Å². The van der Waals surface area contributed by atoms with Crippen molar-refractivity contribution in [2.24, 2.45) is 5.92 Å². The molecule has 0 aromatic carbocycles. The molecular formula is C15H22N2O3. The summed E-state index contributed by atoms with van der Waals surface area (Å²) in [5, 5.41) is 8.86. The first kappa shape index (κ1) is 14.6. The zero-order chi connectivity index (χ0) is 14.7. The van der Waals surface area contributed by atoms with Gasteiger partial charge in [0.15, 0.2) is 0 Å². The second-order valence-corrected chi connectivity index (χ2v) is 5.70. The molecular weight excluding hydrogens is 256 g/mol. The number of nitrogens with zero attached hydrogens (tertiary/aromatic N) is 1. The number of aromatic nitrogens is 1. The highest BCUT2D eigenvalue weighted by atomic mass is 16.4. The molecule has 0 spiro atoms. The topological polar surface area (TPSA) is 73.4 Å². The molecule has 20 heavy (non-hydrogen) atoms. The third kappa shape index (κ3) is 3.40. The zero-order valence-corrected chi connectivity index (χ0v) is 12.1. The highest BCUT2D eigenvalue weighted by molar-refractivity contribution is 5.94. The number of nitrogens with one attached hydrogen (secondary N) is 1. The lowest BCUT2D eigenvalue weighted by Gasteiger charge is -2.20. The van der Waals surface area contributed by atoms with Crippen molar-refractivity contribution in [2.75, 3.05) is 13.1 Å². The van der Waals surface area contributed by atoms with Gasteiger partial charge in [-0.15, -0.1) is 0 Å². The SMILES string of the molecule is Cc1cc(C)c(C(=O)N2CCCC(CC(=O)O)CC2)[nH]1. The Balaban J connectivity index is 2.01. The molecule has 0 saturated carbocycles. The second-order valence-electron chi connectivity index (χ2n) is 5.70. The van der Waals surface area contributed by atoms with Crippen LogP contribution in [-0.2, 0) is 4.79 Å². The number of carbonyl (C=O) groups is 2. The number of amides is 1. The molecule has 110 valence electrons. The average molecular weight is 278 g/mol. The Kier molecular flexibility index (Phi) is 4.47. The first-order valence-electron chi connectivity index (χ1n) is 7.14. The van der Waals surface area contributed by atoms with Gasteiger partial charge in [-0.3, -0.25) is 9.59 Å². The molecule has 1 aliphatic rings. The van der Waals surface area contributed by atoms with E-state index < -0.39 is 5.97 Å². The van der Waals surface area contributed by atoms with Gasteiger partial charge in [0.05, 0.1) is 0 Å². The van der Waals surface area contributed by atoms with Gasteiger partial charge in [0.25, 0.3) is 5.91 Å². The summed E-state index contributed by atoms with van der Waals surface area (Å²) in [7, 11) is 0. The van der Waals surface area contributed by atoms with Crippen molar-refractivity contribution in [1.29, 1.82) is 0 Å². The number of carboxylic acid groups (broad SMARTS) is 1. The van der Waals surface area contributed by atoms with Crippen LogP contribution < -0.4 is 0 Å². The Morgan fingerprint density at radius 2 is 2.10 bits per heavy atom. The van der Waals surface area contributed by atoms with Gasteiger partial charge >= 0.3 is 5.97 Å². The summed E-state index contributed by atoms with van der Waals surface area (Å²) in [5.74, 6) is -0.519. The predicted molar refractivity (Wildman–Crippen MR) is 75.8 cm³/mol. The molecule has 5 heteroatoms. The van der Waals surface area contributed by atoms with Crippen LogP contribution in [-0.4, -0.2) is 40.0 Å². The van der Waals surface area contributed by atoms with Crippen molar-refractivity contribution in [3.05, 3.63) is 23.0 Å². The maximum Gasteiger partial charge on any atom is 0.303 e. The molecule has 1 saturated heterocycles. The number of hydrogen-bond donors (Lipinski definition) is 2. The molecule has 5 nitrogen and oxygen atoms in total. The normalized spacial score (nSPS) is 19.7. The summed E-state index contributed by atoms with van der Waals surface area (Å²) in [6, 6.07) is 1.97. The van der Waals surface area contributed by atoms with E-state index in [1.54, 1.807) is 0 Å². The van der Waals surface area contributed by atoms with Crippen LogP contribution >= 0.6 is 0 Å². The Morgan fingerprint density at radius 3 is 2.70 bits per heavy atom. The Bertz CT molecular complexity index is 507. The average Bonchev–Trinajstić information content (AvgIpc) is 2.58. The third-order valence-corrected chi connectivity index (χ3v) is 3.96. The predicted octanol–water partition coefficient (Wildman–Crippen LogP) is 2.35. The van der Waals surface area contributed by atoms with Crippen molar-refractivity contribution in [1.82, 2.24) is 9.88 Å². The number of carboxylic acids is 1. The zero-order valence-electron chi connectivity index (χ0n) is 12.1. The van der Waals surface area contributed by atoms with Crippen LogP contribution in [0.15, 0.2) is 6.07 Å². The first-order valence-corrected chi connectivity index (χ1v) is 7.14. The summed E-state index contributed by atoms with van der Waals surface area (Å²) >= 11 is 0. The van der Waals surface area contributed by atoms with Crippen molar-refractivity contribution in [2.45, 2.75) is 39.5 Å². The van der Waals surface area contributed by atoms with Gasteiger partial charge in [0.1, 0.15) is 5.69 Å². The van der Waals surface area contributed by atoms with Gasteiger partial charge < -0.3 is 15.0 Å². The van der Waals surface area contributed by atoms with Gasteiger partial charge in [-0.1, -0.05) is 0 Å². The Hall–Kier alpha value is -1.78. The van der Waals surface area contributed by atoms with Gasteiger partial charge in [-0.05, 0) is 50.7 Å². The number of aromatic amines is 1. The molecule has 0 bridgehead atoms. The molecule has 1 aliphatic heterocycles. The van der Waals surface area contributed by atoms with E-state index >= 15 is 0 Å². The quantitative estimate of drug-likeness (QED) is 0.891. The number of aliphatic carboxylic acids is 1. The van der Waals surface area contributed by atoms with Crippen LogP contribution in [0, 0.1) is 19.8 Å². The molecule has 2 rings (SSSR count). The summed E-state index contributed by atoms with van der Waals surface area (Å²) < 4.78 is 0. The fraction of sp³-hybridized carbons (Fsp3) is 0.600. The maximum atomic E-state index is 12.5. The molecule has 1 aromatic heterocycles. The van der Waals surface area contributed by atoms with E-state index in [1.165, 1.54) is 0 Å². The Morgan fingerprint density at radius 1 is 1.35 bits per heavy atom. The lowest BCUT2D eigenvalue weighted by atomic mass is 9.97. The molecule has 1 aromatic rings. The van der Waals surface area contributed by atoms with Gasteiger partial charge in [-0.25, -0.2) is 0 Å². The smallest absolute Gasteiger partial charge is 0.303 e. The van der Waals surface area contributed by atoms with E-state index in [0.717, 1.165) is 30.5 Å². The Labute approximate surface area is 119 Å². The van der Waals surface area contributed by atoms with Crippen molar-refractivity contribution < 1.29 is 14.7 Å². The summed E-state index contributed by atoms with van der Waals surface area (Å²) in [6.07, 6.45) is 2.75. The minimum Gasteiger partial charge on any atom is -0.481 e. The molecule has 1 fully saturated rings. The summed E-state index contributed by atoms with van der Waals surface area (Å²) in [5.41, 5.74) is 2.63. The first-order chi connectivity index (χ1) is 9.47. The van der Waals surface area contributed by atoms with Crippen molar-refractivity contribution >= 4 is 11.9 Å². The monoisotopic (exact) mass is 278 g/mol. The lowest BCUT2D eigenvalue weighted by molar-refractivity contribution is -0.138. The van der Waals surface area contributed by atoms with Crippen LogP contribution in [0.1, 0.15) is 47.4 Å². The number of aryl methyl sites for hydroxylation is 2. The third-order valence-electron chi connectivity index (χ3n) is 3.96. The van der Waals surface area contributed by atoms with Crippen LogP contribution in [0.5, 0.6) is 0 Å². The van der Waals surface area contributed by atoms with Gasteiger partial charge in [0.2, 0.25) is 0 Å². The molecule has 0 radical (unpaired) electrons. The van der Waals surface area contributed by atoms with Crippen LogP contribution in [0.2, 0.25) is 0 Å². The molecule has 2 heterocycles. The standard InChI is InChI=1S/C15H22N2O3/c1-10-8-11(2)16-14(10)15(20)17-6-3-4-12(5-7-17)9-13(18)19/h8,12,16H,3-7,9H2,1-2H3,(H,18,19). The van der Waals surface area contributed by atoms with Crippen molar-refractivity contribution in [3.63, 3.8) is 0 Å². The number of hydrogen-bond acceptors (Lipinski definition) is 2. The number of likely N-dealkylation sites (tertiary alicyclic amines) is 1. The highest BCUT2D eigenvalue weighted by Crippen LogP contribution is 2.22. The highest BCUT2D eigenvalue weighted by Gasteiger charge is 2.24. The van der Waals surface area contributed by atoms with E-state index in [0.29, 0.717) is 18.8 Å². The van der Waals surface area contributed by atoms with Crippen LogP contribution in [0.3, 0.4) is 0 Å². The van der Waals surface area contributed by atoms with Crippen LogP contribution in [0.25, 0.3) is 0 Å².